The van der Waals surface area contributed by atoms with Crippen LogP contribution in [0.2, 0.25) is 0 Å². The molecule has 0 fully saturated rings. The average Bonchev–Trinajstić information content (AvgIpc) is 2.20. The Bertz CT molecular complexity index is 101. The second-order valence-corrected chi connectivity index (χ2v) is 5.29. The van der Waals surface area contributed by atoms with Crippen molar-refractivity contribution in [2.45, 2.75) is 71.6 Å². The Labute approximate surface area is 99.0 Å². The zero-order chi connectivity index (χ0) is 10.6. The highest BCUT2D eigenvalue weighted by Gasteiger charge is 2.00. The van der Waals surface area contributed by atoms with Crippen molar-refractivity contribution in [1.82, 2.24) is 0 Å². The van der Waals surface area contributed by atoms with Gasteiger partial charge in [0.2, 0.25) is 0 Å². The smallest absolute Gasteiger partial charge is 0.00314 e. The molecule has 0 radical (unpaired) electrons. The maximum absolute atomic E-state index is 3.49. The Kier molecular flexibility index (Phi) is 12.0. The number of hydrogen-bond acceptors (Lipinski definition) is 0. The molecular formula is C13H27Br. The molecule has 0 spiro atoms. The fourth-order valence-corrected chi connectivity index (χ4v) is 2.17. The second kappa shape index (κ2) is 11.6. The van der Waals surface area contributed by atoms with E-state index in [0.29, 0.717) is 0 Å². The molecule has 0 nitrogen and oxygen atoms in total. The van der Waals surface area contributed by atoms with Gasteiger partial charge in [-0.05, 0) is 18.8 Å². The molecule has 0 aromatic rings. The van der Waals surface area contributed by atoms with E-state index in [9.17, 15) is 0 Å². The van der Waals surface area contributed by atoms with Gasteiger partial charge in [0.05, 0.1) is 0 Å². The van der Waals surface area contributed by atoms with Crippen LogP contribution in [-0.2, 0) is 0 Å². The molecule has 1 heteroatoms. The van der Waals surface area contributed by atoms with E-state index in [1.54, 1.807) is 0 Å². The van der Waals surface area contributed by atoms with Crippen molar-refractivity contribution in [1.29, 1.82) is 0 Å². The summed E-state index contributed by atoms with van der Waals surface area (Å²) < 4.78 is 0. The number of hydrogen-bond donors (Lipinski definition) is 0. The summed E-state index contributed by atoms with van der Waals surface area (Å²) in [4.78, 5) is 0. The highest BCUT2D eigenvalue weighted by molar-refractivity contribution is 9.09. The van der Waals surface area contributed by atoms with Crippen LogP contribution in [0.5, 0.6) is 0 Å². The van der Waals surface area contributed by atoms with Gasteiger partial charge < -0.3 is 0 Å². The molecule has 0 rings (SSSR count). The van der Waals surface area contributed by atoms with E-state index in [0.717, 1.165) is 5.92 Å². The highest BCUT2D eigenvalue weighted by Crippen LogP contribution is 2.16. The molecule has 0 aliphatic carbocycles. The van der Waals surface area contributed by atoms with Crippen LogP contribution in [0.3, 0.4) is 0 Å². The Balaban J connectivity index is 3.02. The molecule has 0 saturated carbocycles. The number of halogens is 1. The van der Waals surface area contributed by atoms with Crippen LogP contribution in [0.25, 0.3) is 0 Å². The standard InChI is InChI=1S/C13H27Br/c1-3-4-5-6-7-8-10-13(2)11-9-12-14/h13H,3-12H2,1-2H3. The van der Waals surface area contributed by atoms with Gasteiger partial charge in [-0.15, -0.1) is 0 Å². The molecule has 1 atom stereocenters. The minimum absolute atomic E-state index is 0.943. The first-order valence-corrected chi connectivity index (χ1v) is 7.49. The predicted octanol–water partition coefficient (Wildman–Crippen LogP) is 5.55. The van der Waals surface area contributed by atoms with Gasteiger partial charge in [-0.2, -0.15) is 0 Å². The molecule has 0 amide bonds. The topological polar surface area (TPSA) is 0 Å². The van der Waals surface area contributed by atoms with Crippen LogP contribution in [-0.4, -0.2) is 5.33 Å². The molecule has 0 aromatic heterocycles. The van der Waals surface area contributed by atoms with E-state index >= 15 is 0 Å². The summed E-state index contributed by atoms with van der Waals surface area (Å²) in [5.74, 6) is 0.943. The summed E-state index contributed by atoms with van der Waals surface area (Å²) in [7, 11) is 0. The SMILES string of the molecule is CCCCCCCCC(C)CCCBr. The van der Waals surface area contributed by atoms with Gasteiger partial charge >= 0.3 is 0 Å². The molecule has 0 aliphatic rings. The van der Waals surface area contributed by atoms with Gasteiger partial charge in [0, 0.05) is 5.33 Å². The molecule has 0 N–H and O–H groups in total. The van der Waals surface area contributed by atoms with Crippen molar-refractivity contribution < 1.29 is 0 Å². The van der Waals surface area contributed by atoms with Gasteiger partial charge in [-0.1, -0.05) is 74.7 Å². The summed E-state index contributed by atoms with van der Waals surface area (Å²) in [6.07, 6.45) is 12.8. The van der Waals surface area contributed by atoms with Crippen molar-refractivity contribution >= 4 is 15.9 Å². The van der Waals surface area contributed by atoms with Crippen molar-refractivity contribution in [2.75, 3.05) is 5.33 Å². The van der Waals surface area contributed by atoms with Crippen LogP contribution in [0, 0.1) is 5.92 Å². The molecule has 14 heavy (non-hydrogen) atoms. The fraction of sp³-hybridized carbons (Fsp3) is 1.00. The molecule has 1 unspecified atom stereocenters. The van der Waals surface area contributed by atoms with Crippen molar-refractivity contribution in [2.24, 2.45) is 5.92 Å². The van der Waals surface area contributed by atoms with Crippen molar-refractivity contribution in [3.8, 4) is 0 Å². The monoisotopic (exact) mass is 262 g/mol. The first-order chi connectivity index (χ1) is 6.81. The Hall–Kier alpha value is 0.480. The summed E-state index contributed by atoms with van der Waals surface area (Å²) >= 11 is 3.49. The summed E-state index contributed by atoms with van der Waals surface area (Å²) in [5.41, 5.74) is 0. The molecule has 0 aromatic carbocycles. The highest BCUT2D eigenvalue weighted by atomic mass is 79.9. The van der Waals surface area contributed by atoms with E-state index < -0.39 is 0 Å². The number of unbranched alkanes of at least 4 members (excludes halogenated alkanes) is 5. The van der Waals surface area contributed by atoms with Gasteiger partial charge in [0.15, 0.2) is 0 Å². The van der Waals surface area contributed by atoms with E-state index in [1.165, 1.54) is 63.1 Å². The van der Waals surface area contributed by atoms with Crippen LogP contribution in [0.15, 0.2) is 0 Å². The minimum Gasteiger partial charge on any atom is -0.0928 e. The number of alkyl halides is 1. The molecular weight excluding hydrogens is 236 g/mol. The molecule has 86 valence electrons. The van der Waals surface area contributed by atoms with Crippen LogP contribution < -0.4 is 0 Å². The van der Waals surface area contributed by atoms with E-state index in [4.69, 9.17) is 0 Å². The lowest BCUT2D eigenvalue weighted by Crippen LogP contribution is -1.95. The third kappa shape index (κ3) is 10.6. The molecule has 0 aliphatic heterocycles. The maximum atomic E-state index is 3.49. The third-order valence-corrected chi connectivity index (χ3v) is 3.44. The first-order valence-electron chi connectivity index (χ1n) is 6.37. The Morgan fingerprint density at radius 1 is 0.857 bits per heavy atom. The van der Waals surface area contributed by atoms with E-state index in [2.05, 4.69) is 29.8 Å². The quantitative estimate of drug-likeness (QED) is 0.358. The lowest BCUT2D eigenvalue weighted by molar-refractivity contribution is 0.453. The van der Waals surface area contributed by atoms with Crippen LogP contribution >= 0.6 is 15.9 Å². The maximum Gasteiger partial charge on any atom is 0.00314 e. The average molecular weight is 263 g/mol. The van der Waals surface area contributed by atoms with Gasteiger partial charge in [-0.3, -0.25) is 0 Å². The predicted molar refractivity (Wildman–Crippen MR) is 70.2 cm³/mol. The lowest BCUT2D eigenvalue weighted by atomic mass is 9.98. The third-order valence-electron chi connectivity index (χ3n) is 2.88. The zero-order valence-corrected chi connectivity index (χ0v) is 11.6. The Morgan fingerprint density at radius 2 is 1.43 bits per heavy atom. The van der Waals surface area contributed by atoms with Gasteiger partial charge in [0.25, 0.3) is 0 Å². The van der Waals surface area contributed by atoms with E-state index in [-0.39, 0.29) is 0 Å². The number of rotatable bonds is 10. The fourth-order valence-electron chi connectivity index (χ4n) is 1.84. The normalized spacial score (nSPS) is 13.1. The first kappa shape index (κ1) is 14.5. The van der Waals surface area contributed by atoms with Crippen LogP contribution in [0.4, 0.5) is 0 Å². The van der Waals surface area contributed by atoms with Crippen molar-refractivity contribution in [3.63, 3.8) is 0 Å². The molecule has 0 bridgehead atoms. The van der Waals surface area contributed by atoms with Gasteiger partial charge in [0.1, 0.15) is 0 Å². The van der Waals surface area contributed by atoms with E-state index in [1.807, 2.05) is 0 Å². The summed E-state index contributed by atoms with van der Waals surface area (Å²) in [6.45, 7) is 4.68. The summed E-state index contributed by atoms with van der Waals surface area (Å²) in [5, 5.41) is 1.17. The Morgan fingerprint density at radius 3 is 2.07 bits per heavy atom. The van der Waals surface area contributed by atoms with Crippen molar-refractivity contribution in [3.05, 3.63) is 0 Å². The minimum atomic E-state index is 0.943. The largest absolute Gasteiger partial charge is 0.0928 e. The van der Waals surface area contributed by atoms with Gasteiger partial charge in [-0.25, -0.2) is 0 Å². The summed E-state index contributed by atoms with van der Waals surface area (Å²) in [6, 6.07) is 0. The molecule has 0 saturated heterocycles. The zero-order valence-electron chi connectivity index (χ0n) is 10.0. The lowest BCUT2D eigenvalue weighted by Gasteiger charge is -2.09. The second-order valence-electron chi connectivity index (χ2n) is 4.49. The molecule has 0 heterocycles. The van der Waals surface area contributed by atoms with Crippen LogP contribution in [0.1, 0.15) is 71.6 Å².